The second-order valence-electron chi connectivity index (χ2n) is 6.08. The number of benzene rings is 2. The Bertz CT molecular complexity index is 713. The Hall–Kier alpha value is -2.49. The number of rotatable bonds is 4. The molecule has 1 aliphatic rings. The van der Waals surface area contributed by atoms with Gasteiger partial charge in [-0.1, -0.05) is 24.3 Å². The van der Waals surface area contributed by atoms with Crippen LogP contribution in [0, 0.1) is 5.82 Å². The van der Waals surface area contributed by atoms with Gasteiger partial charge in [-0.05, 0) is 48.2 Å². The van der Waals surface area contributed by atoms with Gasteiger partial charge in [-0.3, -0.25) is 9.59 Å². The maximum absolute atomic E-state index is 12.9. The van der Waals surface area contributed by atoms with Crippen LogP contribution in [-0.2, 0) is 17.6 Å². The lowest BCUT2D eigenvalue weighted by molar-refractivity contribution is -0.131. The van der Waals surface area contributed by atoms with Crippen molar-refractivity contribution in [1.29, 1.82) is 0 Å². The van der Waals surface area contributed by atoms with Gasteiger partial charge in [0, 0.05) is 31.5 Å². The Morgan fingerprint density at radius 2 is 1.46 bits per heavy atom. The molecule has 0 bridgehead atoms. The third-order valence-corrected chi connectivity index (χ3v) is 4.51. The van der Waals surface area contributed by atoms with Gasteiger partial charge in [-0.15, -0.1) is 0 Å². The first kappa shape index (κ1) is 16.4. The summed E-state index contributed by atoms with van der Waals surface area (Å²) in [6.45, 7) is 1.39. The molecule has 1 heterocycles. The Kier molecular flexibility index (Phi) is 5.04. The van der Waals surface area contributed by atoms with Crippen LogP contribution in [0.5, 0.6) is 0 Å². The van der Waals surface area contributed by atoms with Crippen molar-refractivity contribution in [1.82, 2.24) is 4.90 Å². The van der Waals surface area contributed by atoms with Gasteiger partial charge >= 0.3 is 0 Å². The summed E-state index contributed by atoms with van der Waals surface area (Å²) in [5, 5.41) is 0. The van der Waals surface area contributed by atoms with Crippen LogP contribution in [-0.4, -0.2) is 29.7 Å². The number of carbonyl (C=O) groups excluding carboxylic acids is 2. The molecule has 1 aliphatic heterocycles. The minimum absolute atomic E-state index is 0.0123. The number of nitrogens with zero attached hydrogens (tertiary/aromatic N) is 1. The molecular formula is C20H20FNO2. The SMILES string of the molecule is O=C(CCC(=O)N1CCc2ccccc2CC1)c1ccc(F)cc1. The van der Waals surface area contributed by atoms with Crippen molar-refractivity contribution >= 4 is 11.7 Å². The second kappa shape index (κ2) is 7.39. The molecule has 0 aliphatic carbocycles. The Morgan fingerprint density at radius 1 is 0.875 bits per heavy atom. The summed E-state index contributed by atoms with van der Waals surface area (Å²) in [4.78, 5) is 26.3. The molecule has 0 radical (unpaired) electrons. The van der Waals surface area contributed by atoms with E-state index in [0.717, 1.165) is 12.8 Å². The molecule has 3 rings (SSSR count). The van der Waals surface area contributed by atoms with Crippen molar-refractivity contribution in [3.63, 3.8) is 0 Å². The number of halogens is 1. The maximum Gasteiger partial charge on any atom is 0.223 e. The lowest BCUT2D eigenvalue weighted by Gasteiger charge is -2.20. The van der Waals surface area contributed by atoms with E-state index in [1.165, 1.54) is 35.4 Å². The number of Topliss-reactive ketones (excluding diaryl/α,β-unsaturated/α-hetero) is 1. The summed E-state index contributed by atoms with van der Waals surface area (Å²) in [7, 11) is 0. The normalized spacial score (nSPS) is 14.0. The molecule has 0 saturated heterocycles. The highest BCUT2D eigenvalue weighted by atomic mass is 19.1. The number of carbonyl (C=O) groups is 2. The fraction of sp³-hybridized carbons (Fsp3) is 0.300. The zero-order valence-electron chi connectivity index (χ0n) is 13.5. The van der Waals surface area contributed by atoms with Crippen molar-refractivity contribution in [2.24, 2.45) is 0 Å². The summed E-state index contributed by atoms with van der Waals surface area (Å²) in [6.07, 6.45) is 2.07. The number of hydrogen-bond acceptors (Lipinski definition) is 2. The van der Waals surface area contributed by atoms with E-state index in [1.54, 1.807) is 0 Å². The first-order valence-electron chi connectivity index (χ1n) is 8.27. The van der Waals surface area contributed by atoms with Gasteiger partial charge in [0.2, 0.25) is 5.91 Å². The molecule has 0 unspecified atom stereocenters. The highest BCUT2D eigenvalue weighted by Crippen LogP contribution is 2.16. The molecular weight excluding hydrogens is 305 g/mol. The minimum atomic E-state index is -0.369. The van der Waals surface area contributed by atoms with Crippen molar-refractivity contribution in [3.8, 4) is 0 Å². The third kappa shape index (κ3) is 3.88. The van der Waals surface area contributed by atoms with Crippen LogP contribution >= 0.6 is 0 Å². The molecule has 0 saturated carbocycles. The van der Waals surface area contributed by atoms with E-state index in [0.29, 0.717) is 18.7 Å². The monoisotopic (exact) mass is 325 g/mol. The molecule has 2 aromatic rings. The van der Waals surface area contributed by atoms with E-state index in [1.807, 2.05) is 17.0 Å². The fourth-order valence-electron chi connectivity index (χ4n) is 3.08. The molecule has 0 N–H and O–H groups in total. The van der Waals surface area contributed by atoms with E-state index in [9.17, 15) is 14.0 Å². The maximum atomic E-state index is 12.9. The number of amides is 1. The Balaban J connectivity index is 1.54. The summed E-state index contributed by atoms with van der Waals surface area (Å²) >= 11 is 0. The van der Waals surface area contributed by atoms with Crippen LogP contribution in [0.1, 0.15) is 34.3 Å². The van der Waals surface area contributed by atoms with Crippen molar-refractivity contribution < 1.29 is 14.0 Å². The quantitative estimate of drug-likeness (QED) is 0.808. The van der Waals surface area contributed by atoms with Crippen LogP contribution in [0.4, 0.5) is 4.39 Å². The van der Waals surface area contributed by atoms with E-state index in [-0.39, 0.29) is 30.3 Å². The number of hydrogen-bond donors (Lipinski definition) is 0. The molecule has 4 heteroatoms. The van der Waals surface area contributed by atoms with Gasteiger partial charge < -0.3 is 4.90 Å². The van der Waals surface area contributed by atoms with Gasteiger partial charge in [-0.2, -0.15) is 0 Å². The van der Waals surface area contributed by atoms with E-state index in [2.05, 4.69) is 12.1 Å². The molecule has 2 aromatic carbocycles. The number of ketones is 1. The summed E-state index contributed by atoms with van der Waals surface area (Å²) in [5.74, 6) is -0.480. The minimum Gasteiger partial charge on any atom is -0.342 e. The Morgan fingerprint density at radius 3 is 2.04 bits per heavy atom. The fourth-order valence-corrected chi connectivity index (χ4v) is 3.08. The van der Waals surface area contributed by atoms with Crippen LogP contribution in [0.3, 0.4) is 0 Å². The lowest BCUT2D eigenvalue weighted by Crippen LogP contribution is -2.33. The van der Waals surface area contributed by atoms with Gasteiger partial charge in [0.1, 0.15) is 5.82 Å². The van der Waals surface area contributed by atoms with Crippen LogP contribution in [0.2, 0.25) is 0 Å². The highest BCUT2D eigenvalue weighted by Gasteiger charge is 2.19. The van der Waals surface area contributed by atoms with Crippen molar-refractivity contribution in [2.75, 3.05) is 13.1 Å². The first-order chi connectivity index (χ1) is 11.6. The molecule has 0 atom stereocenters. The largest absolute Gasteiger partial charge is 0.342 e. The first-order valence-corrected chi connectivity index (χ1v) is 8.27. The molecule has 1 amide bonds. The lowest BCUT2D eigenvalue weighted by atomic mass is 10.0. The molecule has 3 nitrogen and oxygen atoms in total. The van der Waals surface area contributed by atoms with Crippen molar-refractivity contribution in [3.05, 3.63) is 71.0 Å². The Labute approximate surface area is 141 Å². The van der Waals surface area contributed by atoms with E-state index < -0.39 is 0 Å². The van der Waals surface area contributed by atoms with E-state index >= 15 is 0 Å². The van der Waals surface area contributed by atoms with Gasteiger partial charge in [0.15, 0.2) is 5.78 Å². The predicted molar refractivity (Wildman–Crippen MR) is 90.4 cm³/mol. The summed E-state index contributed by atoms with van der Waals surface area (Å²) in [5.41, 5.74) is 3.05. The standard InChI is InChI=1S/C20H20FNO2/c21-18-7-5-17(6-8-18)19(23)9-10-20(24)22-13-11-15-3-1-2-4-16(15)12-14-22/h1-8H,9-14H2. The molecule has 124 valence electrons. The van der Waals surface area contributed by atoms with Gasteiger partial charge in [0.25, 0.3) is 0 Å². The van der Waals surface area contributed by atoms with Crippen molar-refractivity contribution in [2.45, 2.75) is 25.7 Å². The van der Waals surface area contributed by atoms with Gasteiger partial charge in [0.05, 0.1) is 0 Å². The smallest absolute Gasteiger partial charge is 0.223 e. The number of fused-ring (bicyclic) bond motifs is 1. The zero-order valence-corrected chi connectivity index (χ0v) is 13.5. The highest BCUT2D eigenvalue weighted by molar-refractivity contribution is 5.97. The molecule has 0 fully saturated rings. The average molecular weight is 325 g/mol. The topological polar surface area (TPSA) is 37.4 Å². The average Bonchev–Trinajstić information content (AvgIpc) is 2.83. The van der Waals surface area contributed by atoms with E-state index in [4.69, 9.17) is 0 Å². The predicted octanol–water partition coefficient (Wildman–Crippen LogP) is 3.42. The molecule has 24 heavy (non-hydrogen) atoms. The molecule has 0 aromatic heterocycles. The van der Waals surface area contributed by atoms with Crippen LogP contribution in [0.25, 0.3) is 0 Å². The summed E-state index contributed by atoms with van der Waals surface area (Å²) in [6, 6.07) is 13.7. The third-order valence-electron chi connectivity index (χ3n) is 4.51. The van der Waals surface area contributed by atoms with Crippen LogP contribution < -0.4 is 0 Å². The zero-order chi connectivity index (χ0) is 16.9. The van der Waals surface area contributed by atoms with Crippen LogP contribution in [0.15, 0.2) is 48.5 Å². The summed E-state index contributed by atoms with van der Waals surface area (Å²) < 4.78 is 12.9. The molecule has 0 spiro atoms. The van der Waals surface area contributed by atoms with Gasteiger partial charge in [-0.25, -0.2) is 4.39 Å². The second-order valence-corrected chi connectivity index (χ2v) is 6.08.